The zero-order valence-electron chi connectivity index (χ0n) is 17.3. The van der Waals surface area contributed by atoms with Crippen molar-refractivity contribution in [3.8, 4) is 5.75 Å². The molecule has 0 amide bonds. The SMILES string of the molecule is N=C(N)c1ccc(C(=O)Oc2ccc(S(=O)(=O)NC(Cc3ccccc3)C(=O)O)cc2)cc1. The van der Waals surface area contributed by atoms with Gasteiger partial charge in [-0.3, -0.25) is 10.2 Å². The van der Waals surface area contributed by atoms with Crippen LogP contribution in [0, 0.1) is 5.41 Å². The fraction of sp³-hybridized carbons (Fsp3) is 0.0870. The minimum Gasteiger partial charge on any atom is -0.480 e. The first-order valence-corrected chi connectivity index (χ1v) is 11.2. The summed E-state index contributed by atoms with van der Waals surface area (Å²) in [4.78, 5) is 23.7. The van der Waals surface area contributed by atoms with Gasteiger partial charge in [-0.2, -0.15) is 4.72 Å². The molecule has 33 heavy (non-hydrogen) atoms. The molecule has 9 nitrogen and oxygen atoms in total. The third kappa shape index (κ3) is 6.25. The molecule has 0 spiro atoms. The second kappa shape index (κ2) is 10.1. The van der Waals surface area contributed by atoms with Gasteiger partial charge in [0.2, 0.25) is 10.0 Å². The monoisotopic (exact) mass is 467 g/mol. The Kier molecular flexibility index (Phi) is 7.21. The number of carbonyl (C=O) groups is 2. The highest BCUT2D eigenvalue weighted by Gasteiger charge is 2.25. The van der Waals surface area contributed by atoms with Crippen LogP contribution in [-0.4, -0.2) is 37.3 Å². The van der Waals surface area contributed by atoms with Crippen LogP contribution in [0.2, 0.25) is 0 Å². The number of nitrogen functional groups attached to an aromatic ring is 1. The number of rotatable bonds is 9. The van der Waals surface area contributed by atoms with Gasteiger partial charge in [-0.15, -0.1) is 0 Å². The third-order valence-corrected chi connectivity index (χ3v) is 6.14. The number of hydrogen-bond donors (Lipinski definition) is 4. The van der Waals surface area contributed by atoms with E-state index >= 15 is 0 Å². The van der Waals surface area contributed by atoms with Crippen molar-refractivity contribution in [3.05, 3.63) is 95.6 Å². The zero-order chi connectivity index (χ0) is 24.0. The van der Waals surface area contributed by atoms with Gasteiger partial charge in [0.15, 0.2) is 0 Å². The standard InChI is InChI=1S/C23H21N3O6S/c24-21(25)16-6-8-17(9-7-16)23(29)32-18-10-12-19(13-11-18)33(30,31)26-20(22(27)28)14-15-4-2-1-3-5-15/h1-13,20,26H,14H2,(H3,24,25)(H,27,28). The van der Waals surface area contributed by atoms with Crippen molar-refractivity contribution in [2.75, 3.05) is 0 Å². The molecule has 0 fully saturated rings. The summed E-state index contributed by atoms with van der Waals surface area (Å²) in [5, 5.41) is 16.8. The molecule has 0 heterocycles. The van der Waals surface area contributed by atoms with Crippen LogP contribution in [0.15, 0.2) is 83.8 Å². The molecule has 1 unspecified atom stereocenters. The average molecular weight is 468 g/mol. The van der Waals surface area contributed by atoms with Crippen molar-refractivity contribution in [1.29, 1.82) is 5.41 Å². The van der Waals surface area contributed by atoms with E-state index in [0.717, 1.165) is 0 Å². The second-order valence-corrected chi connectivity index (χ2v) is 8.77. The molecule has 3 rings (SSSR count). The number of hydrogen-bond acceptors (Lipinski definition) is 6. The van der Waals surface area contributed by atoms with Crippen molar-refractivity contribution in [3.63, 3.8) is 0 Å². The Balaban J connectivity index is 1.69. The van der Waals surface area contributed by atoms with Gasteiger partial charge in [-0.05, 0) is 48.4 Å². The molecule has 0 aliphatic rings. The van der Waals surface area contributed by atoms with Gasteiger partial charge in [0.25, 0.3) is 0 Å². The zero-order valence-corrected chi connectivity index (χ0v) is 18.1. The predicted molar refractivity (Wildman–Crippen MR) is 121 cm³/mol. The first kappa shape index (κ1) is 23.6. The van der Waals surface area contributed by atoms with Crippen LogP contribution >= 0.6 is 0 Å². The van der Waals surface area contributed by atoms with Gasteiger partial charge in [0.05, 0.1) is 10.5 Å². The Morgan fingerprint density at radius 2 is 1.52 bits per heavy atom. The maximum absolute atomic E-state index is 12.7. The normalized spacial score (nSPS) is 12.0. The van der Waals surface area contributed by atoms with Crippen molar-refractivity contribution < 1.29 is 27.9 Å². The van der Waals surface area contributed by atoms with E-state index in [0.29, 0.717) is 11.1 Å². The van der Waals surface area contributed by atoms with E-state index in [4.69, 9.17) is 15.9 Å². The van der Waals surface area contributed by atoms with Crippen molar-refractivity contribution >= 4 is 27.8 Å². The van der Waals surface area contributed by atoms with Crippen molar-refractivity contribution in [2.24, 2.45) is 5.73 Å². The number of carboxylic acids is 1. The highest BCUT2D eigenvalue weighted by Crippen LogP contribution is 2.18. The Morgan fingerprint density at radius 3 is 2.06 bits per heavy atom. The van der Waals surface area contributed by atoms with Gasteiger partial charge < -0.3 is 15.6 Å². The average Bonchev–Trinajstić information content (AvgIpc) is 2.79. The van der Waals surface area contributed by atoms with Crippen LogP contribution < -0.4 is 15.2 Å². The van der Waals surface area contributed by atoms with Gasteiger partial charge in [-0.1, -0.05) is 42.5 Å². The first-order valence-electron chi connectivity index (χ1n) is 9.71. The number of sulfonamides is 1. The lowest BCUT2D eigenvalue weighted by molar-refractivity contribution is -0.138. The Bertz CT molecular complexity index is 1260. The molecular weight excluding hydrogens is 446 g/mol. The molecule has 170 valence electrons. The molecule has 0 aliphatic heterocycles. The molecule has 0 saturated heterocycles. The third-order valence-electron chi connectivity index (χ3n) is 4.65. The minimum atomic E-state index is -4.14. The van der Waals surface area contributed by atoms with E-state index in [-0.39, 0.29) is 28.5 Å². The van der Waals surface area contributed by atoms with Crippen LogP contribution in [0.25, 0.3) is 0 Å². The van der Waals surface area contributed by atoms with Crippen LogP contribution in [-0.2, 0) is 21.2 Å². The largest absolute Gasteiger partial charge is 0.480 e. The number of amidine groups is 1. The molecule has 1 atom stereocenters. The minimum absolute atomic E-state index is 0.0203. The van der Waals surface area contributed by atoms with Gasteiger partial charge in [0.1, 0.15) is 17.6 Å². The smallest absolute Gasteiger partial charge is 0.343 e. The summed E-state index contributed by atoms with van der Waals surface area (Å²) in [6.45, 7) is 0. The quantitative estimate of drug-likeness (QED) is 0.162. The Hall–Kier alpha value is -4.02. The van der Waals surface area contributed by atoms with E-state index < -0.39 is 28.0 Å². The molecular formula is C23H21N3O6S. The van der Waals surface area contributed by atoms with Crippen LogP contribution in [0.3, 0.4) is 0 Å². The highest BCUT2D eigenvalue weighted by molar-refractivity contribution is 7.89. The summed E-state index contributed by atoms with van der Waals surface area (Å²) < 4.78 is 32.8. The second-order valence-electron chi connectivity index (χ2n) is 7.05. The summed E-state index contributed by atoms with van der Waals surface area (Å²) in [5.74, 6) is -2.00. The lowest BCUT2D eigenvalue weighted by Gasteiger charge is -2.15. The molecule has 5 N–H and O–H groups in total. The van der Waals surface area contributed by atoms with Crippen LogP contribution in [0.5, 0.6) is 5.75 Å². The molecule has 0 radical (unpaired) electrons. The number of carbonyl (C=O) groups excluding carboxylic acids is 1. The van der Waals surface area contributed by atoms with Crippen LogP contribution in [0.4, 0.5) is 0 Å². The molecule has 10 heteroatoms. The van der Waals surface area contributed by atoms with Gasteiger partial charge in [0, 0.05) is 5.56 Å². The molecule has 0 aliphatic carbocycles. The topological polar surface area (TPSA) is 160 Å². The van der Waals surface area contributed by atoms with Crippen molar-refractivity contribution in [1.82, 2.24) is 4.72 Å². The maximum atomic E-state index is 12.7. The maximum Gasteiger partial charge on any atom is 0.343 e. The summed E-state index contributed by atoms with van der Waals surface area (Å²) in [6, 6.07) is 18.3. The summed E-state index contributed by atoms with van der Waals surface area (Å²) in [5.41, 5.74) is 6.73. The summed E-state index contributed by atoms with van der Waals surface area (Å²) in [7, 11) is -4.14. The molecule has 0 saturated carbocycles. The van der Waals surface area contributed by atoms with Crippen LogP contribution in [0.1, 0.15) is 21.5 Å². The Labute approximate surface area is 190 Å². The van der Waals surface area contributed by atoms with Gasteiger partial charge >= 0.3 is 11.9 Å². The fourth-order valence-electron chi connectivity index (χ4n) is 2.92. The lowest BCUT2D eigenvalue weighted by Crippen LogP contribution is -2.42. The van der Waals surface area contributed by atoms with E-state index in [9.17, 15) is 23.1 Å². The highest BCUT2D eigenvalue weighted by atomic mass is 32.2. The Morgan fingerprint density at radius 1 is 0.939 bits per heavy atom. The van der Waals surface area contributed by atoms with Crippen molar-refractivity contribution in [2.45, 2.75) is 17.4 Å². The number of esters is 1. The number of ether oxygens (including phenoxy) is 1. The molecule has 0 bridgehead atoms. The van der Waals surface area contributed by atoms with E-state index in [1.165, 1.54) is 48.5 Å². The number of benzene rings is 3. The fourth-order valence-corrected chi connectivity index (χ4v) is 4.11. The molecule has 3 aromatic carbocycles. The summed E-state index contributed by atoms with van der Waals surface area (Å²) in [6.07, 6.45) is -0.0203. The van der Waals surface area contributed by atoms with Gasteiger partial charge in [-0.25, -0.2) is 13.2 Å². The number of nitrogens with two attached hydrogens (primary N) is 1. The number of carboxylic acid groups (broad SMARTS) is 1. The van der Waals surface area contributed by atoms with E-state index in [1.807, 2.05) is 0 Å². The number of aliphatic carboxylic acids is 1. The molecule has 0 aromatic heterocycles. The van der Waals surface area contributed by atoms with E-state index in [2.05, 4.69) is 4.72 Å². The first-order chi connectivity index (χ1) is 15.7. The number of nitrogens with one attached hydrogen (secondary N) is 2. The summed E-state index contributed by atoms with van der Waals surface area (Å²) >= 11 is 0. The lowest BCUT2D eigenvalue weighted by atomic mass is 10.1. The predicted octanol–water partition coefficient (Wildman–Crippen LogP) is 2.16. The molecule has 3 aromatic rings. The van der Waals surface area contributed by atoms with E-state index in [1.54, 1.807) is 30.3 Å².